The van der Waals surface area contributed by atoms with E-state index >= 15 is 0 Å². The molecule has 156 valence electrons. The molecule has 1 saturated heterocycles. The van der Waals surface area contributed by atoms with E-state index in [9.17, 15) is 24.0 Å². The summed E-state index contributed by atoms with van der Waals surface area (Å²) in [6, 6.07) is 0. The number of thiocarbonyl (C=S) groups is 1. The van der Waals surface area contributed by atoms with Gasteiger partial charge in [-0.25, -0.2) is 0 Å². The van der Waals surface area contributed by atoms with Crippen LogP contribution >= 0.6 is 12.2 Å². The summed E-state index contributed by atoms with van der Waals surface area (Å²) in [7, 11) is 0. The van der Waals surface area contributed by atoms with Crippen LogP contribution in [-0.2, 0) is 52.4 Å². The zero-order valence-electron chi connectivity index (χ0n) is 15.8. The minimum absolute atomic E-state index is 0.464. The maximum absolute atomic E-state index is 11.6. The first-order valence-electron chi connectivity index (χ1n) is 7.99. The summed E-state index contributed by atoms with van der Waals surface area (Å²) >= 11 is 4.99. The van der Waals surface area contributed by atoms with Gasteiger partial charge in [0.2, 0.25) is 17.4 Å². The molecule has 1 heterocycles. The van der Waals surface area contributed by atoms with E-state index in [-0.39, 0.29) is 0 Å². The first-order valence-corrected chi connectivity index (χ1v) is 8.39. The Hall–Kier alpha value is -2.60. The van der Waals surface area contributed by atoms with Crippen molar-refractivity contribution in [3.05, 3.63) is 0 Å². The van der Waals surface area contributed by atoms with Crippen molar-refractivity contribution in [2.75, 3.05) is 0 Å². The fourth-order valence-electron chi connectivity index (χ4n) is 2.42. The van der Waals surface area contributed by atoms with Gasteiger partial charge in [-0.15, -0.1) is 0 Å². The Labute approximate surface area is 165 Å². The number of ether oxygens (including phenoxy) is 6. The molecule has 5 atom stereocenters. The molecule has 12 heteroatoms. The normalized spacial score (nSPS) is 26.4. The van der Waals surface area contributed by atoms with Crippen molar-refractivity contribution in [1.29, 1.82) is 0 Å². The van der Waals surface area contributed by atoms with Crippen molar-refractivity contribution >= 4 is 47.1 Å². The van der Waals surface area contributed by atoms with Crippen molar-refractivity contribution in [3.8, 4) is 0 Å². The molecule has 28 heavy (non-hydrogen) atoms. The van der Waals surface area contributed by atoms with Gasteiger partial charge in [0.25, 0.3) is 0 Å². The smallest absolute Gasteiger partial charge is 0.308 e. The molecule has 0 amide bonds. The van der Waals surface area contributed by atoms with Gasteiger partial charge in [-0.3, -0.25) is 24.0 Å². The van der Waals surface area contributed by atoms with E-state index in [1.807, 2.05) is 0 Å². The monoisotopic (exact) mass is 420 g/mol. The molecule has 0 aromatic heterocycles. The van der Waals surface area contributed by atoms with Crippen LogP contribution in [-0.4, -0.2) is 65.6 Å². The van der Waals surface area contributed by atoms with E-state index in [2.05, 4.69) is 0 Å². The molecule has 0 spiro atoms. The van der Waals surface area contributed by atoms with Crippen LogP contribution in [0.1, 0.15) is 34.6 Å². The number of hydrogen-bond donors (Lipinski definition) is 0. The van der Waals surface area contributed by atoms with E-state index in [4.69, 9.17) is 40.6 Å². The molecule has 1 rings (SSSR count). The van der Waals surface area contributed by atoms with Crippen molar-refractivity contribution in [1.82, 2.24) is 0 Å². The molecular formula is C16H20O11S. The van der Waals surface area contributed by atoms with Crippen LogP contribution in [0.5, 0.6) is 0 Å². The van der Waals surface area contributed by atoms with Crippen LogP contribution in [0.4, 0.5) is 0 Å². The van der Waals surface area contributed by atoms with Crippen LogP contribution in [0.25, 0.3) is 0 Å². The summed E-state index contributed by atoms with van der Waals surface area (Å²) in [5.74, 6) is -4.04. The summed E-state index contributed by atoms with van der Waals surface area (Å²) in [5.41, 5.74) is 0. The highest BCUT2D eigenvalue weighted by Crippen LogP contribution is 2.30. The van der Waals surface area contributed by atoms with E-state index in [0.29, 0.717) is 0 Å². The fraction of sp³-hybridized carbons (Fsp3) is 0.625. The molecule has 0 aromatic rings. The Kier molecular flexibility index (Phi) is 8.44. The fourth-order valence-corrected chi connectivity index (χ4v) is 2.73. The molecule has 0 N–H and O–H groups in total. The van der Waals surface area contributed by atoms with Gasteiger partial charge in [0, 0.05) is 34.6 Å². The second-order valence-electron chi connectivity index (χ2n) is 5.67. The van der Waals surface area contributed by atoms with Gasteiger partial charge in [0.15, 0.2) is 18.3 Å². The average molecular weight is 420 g/mol. The maximum atomic E-state index is 11.6. The third kappa shape index (κ3) is 6.85. The van der Waals surface area contributed by atoms with Crippen molar-refractivity contribution in [2.45, 2.75) is 65.3 Å². The van der Waals surface area contributed by atoms with Gasteiger partial charge in [-0.1, -0.05) is 0 Å². The van der Waals surface area contributed by atoms with Gasteiger partial charge in [-0.05, 0) is 12.2 Å². The molecule has 0 aromatic carbocycles. The lowest BCUT2D eigenvalue weighted by Crippen LogP contribution is -2.64. The van der Waals surface area contributed by atoms with Crippen molar-refractivity contribution in [2.24, 2.45) is 0 Å². The van der Waals surface area contributed by atoms with E-state index in [0.717, 1.165) is 34.6 Å². The number of esters is 5. The zero-order chi connectivity index (χ0) is 21.6. The molecule has 1 aliphatic heterocycles. The molecule has 0 aliphatic carbocycles. The SMILES string of the molecule is CC(=O)OC(=S)[C@H]1O[C@@H](OC(C)=O)[C@H](OC(C)=O)[C@@H](OC(C)=O)[C@H]1OC(C)=O. The number of rotatable bonds is 5. The summed E-state index contributed by atoms with van der Waals surface area (Å²) in [4.78, 5) is 57.3. The van der Waals surface area contributed by atoms with E-state index in [1.165, 1.54) is 0 Å². The Bertz CT molecular complexity index is 674. The molecule has 0 saturated carbocycles. The Morgan fingerprint density at radius 1 is 0.643 bits per heavy atom. The van der Waals surface area contributed by atoms with E-state index < -0.39 is 65.6 Å². The first-order chi connectivity index (χ1) is 12.9. The van der Waals surface area contributed by atoms with Gasteiger partial charge < -0.3 is 28.4 Å². The number of hydrogen-bond acceptors (Lipinski definition) is 12. The Balaban J connectivity index is 3.42. The Morgan fingerprint density at radius 2 is 1.07 bits per heavy atom. The minimum Gasteiger partial charge on any atom is -0.455 e. The lowest BCUT2D eigenvalue weighted by atomic mass is 9.98. The number of carbonyl (C=O) groups is 5. The summed E-state index contributed by atoms with van der Waals surface area (Å²) in [6.45, 7) is 5.32. The predicted octanol–water partition coefficient (Wildman–Crippen LogP) is -0.0400. The maximum Gasteiger partial charge on any atom is 0.308 e. The molecule has 11 nitrogen and oxygen atoms in total. The molecule has 0 radical (unpaired) electrons. The van der Waals surface area contributed by atoms with Crippen LogP contribution in [0.15, 0.2) is 0 Å². The summed E-state index contributed by atoms with van der Waals surface area (Å²) in [6.07, 6.45) is -7.45. The van der Waals surface area contributed by atoms with Gasteiger partial charge in [-0.2, -0.15) is 0 Å². The summed E-state index contributed by atoms with van der Waals surface area (Å²) < 4.78 is 30.7. The Morgan fingerprint density at radius 3 is 1.50 bits per heavy atom. The highest BCUT2D eigenvalue weighted by atomic mass is 32.1. The molecule has 0 unspecified atom stereocenters. The molecule has 0 bridgehead atoms. The van der Waals surface area contributed by atoms with Crippen LogP contribution < -0.4 is 0 Å². The minimum atomic E-state index is -1.59. The average Bonchev–Trinajstić information content (AvgIpc) is 2.50. The highest BCUT2D eigenvalue weighted by Gasteiger charge is 2.55. The molecular weight excluding hydrogens is 400 g/mol. The molecule has 1 fully saturated rings. The largest absolute Gasteiger partial charge is 0.455 e. The third-order valence-corrected chi connectivity index (χ3v) is 3.48. The third-order valence-electron chi connectivity index (χ3n) is 3.16. The first kappa shape index (κ1) is 23.4. The van der Waals surface area contributed by atoms with Crippen molar-refractivity contribution < 1.29 is 52.4 Å². The number of carbonyl (C=O) groups excluding carboxylic acids is 5. The predicted molar refractivity (Wildman–Crippen MR) is 91.5 cm³/mol. The lowest BCUT2D eigenvalue weighted by Gasteiger charge is -2.43. The second kappa shape index (κ2) is 10.1. The second-order valence-corrected chi connectivity index (χ2v) is 6.07. The van der Waals surface area contributed by atoms with E-state index in [1.54, 1.807) is 0 Å². The van der Waals surface area contributed by atoms with Crippen LogP contribution in [0.2, 0.25) is 0 Å². The van der Waals surface area contributed by atoms with Crippen LogP contribution in [0.3, 0.4) is 0 Å². The standard InChI is InChI=1S/C16H20O11S/c1-6(17)22-11-12(23-7(2)18)14(16(28)26-10(5)21)27-15(25-9(4)20)13(11)24-8(3)19/h11-15H,1-5H3/t11-,12+,13+,14-,15+/m0/s1. The molecule has 1 aliphatic rings. The van der Waals surface area contributed by atoms with Gasteiger partial charge in [0.05, 0.1) is 0 Å². The quantitative estimate of drug-likeness (QED) is 0.335. The zero-order valence-corrected chi connectivity index (χ0v) is 16.6. The highest BCUT2D eigenvalue weighted by molar-refractivity contribution is 7.80. The van der Waals surface area contributed by atoms with Crippen LogP contribution in [0, 0.1) is 0 Å². The van der Waals surface area contributed by atoms with Gasteiger partial charge >= 0.3 is 29.8 Å². The lowest BCUT2D eigenvalue weighted by molar-refractivity contribution is -0.285. The summed E-state index contributed by atoms with van der Waals surface area (Å²) in [5, 5.41) is -0.464. The van der Waals surface area contributed by atoms with Crippen molar-refractivity contribution in [3.63, 3.8) is 0 Å². The topological polar surface area (TPSA) is 141 Å². The van der Waals surface area contributed by atoms with Gasteiger partial charge in [0.1, 0.15) is 0 Å².